The van der Waals surface area contributed by atoms with Gasteiger partial charge in [0.2, 0.25) is 0 Å². The van der Waals surface area contributed by atoms with Gasteiger partial charge in [0.05, 0.1) is 5.69 Å². The summed E-state index contributed by atoms with van der Waals surface area (Å²) >= 11 is 0. The highest BCUT2D eigenvalue weighted by molar-refractivity contribution is 6.13. The van der Waals surface area contributed by atoms with Gasteiger partial charge in [-0.05, 0) is 165 Å². The molecule has 0 N–H and O–H groups in total. The Kier molecular flexibility index (Phi) is 8.71. The van der Waals surface area contributed by atoms with E-state index < -0.39 is 0 Å². The van der Waals surface area contributed by atoms with E-state index in [1.165, 1.54) is 0 Å². The van der Waals surface area contributed by atoms with Crippen LogP contribution in [-0.4, -0.2) is 9.97 Å². The van der Waals surface area contributed by atoms with Gasteiger partial charge in [-0.15, -0.1) is 0 Å². The Labute approximate surface area is 437 Å². The number of para-hydroxylation sites is 3. The van der Waals surface area contributed by atoms with Gasteiger partial charge < -0.3 is 22.1 Å². The summed E-state index contributed by atoms with van der Waals surface area (Å²) in [6, 6.07) is 74.5. The number of hydrogen-bond donors (Lipinski definition) is 0. The summed E-state index contributed by atoms with van der Waals surface area (Å²) in [7, 11) is 0. The SMILES string of the molecule is c1cc(-c2ccc3oc4ccncc4c3c2)cc(-c2ccc3oc4cc(-c5cccc6c5oc5ccc(-c7cc(-c8ccc9oc%10ccccc%10c9c8)cc(-c8ccc9oc%10ccccc%10c9c8)c7)cc56)ncc4c3c2)c1. The van der Waals surface area contributed by atoms with Crippen LogP contribution in [0.4, 0.5) is 0 Å². The quantitative estimate of drug-likeness (QED) is 0.164. The van der Waals surface area contributed by atoms with Gasteiger partial charge in [-0.2, -0.15) is 0 Å². The number of benzene rings is 10. The molecule has 0 aliphatic carbocycles. The fourth-order valence-electron chi connectivity index (χ4n) is 11.8. The second-order valence-electron chi connectivity index (χ2n) is 20.1. The Morgan fingerprint density at radius 2 is 0.623 bits per heavy atom. The van der Waals surface area contributed by atoms with Crippen molar-refractivity contribution < 1.29 is 22.1 Å². The molecule has 0 spiro atoms. The molecule has 17 aromatic rings. The van der Waals surface area contributed by atoms with Gasteiger partial charge in [0, 0.05) is 84.1 Å². The maximum absolute atomic E-state index is 6.77. The Morgan fingerprint density at radius 3 is 1.18 bits per heavy atom. The van der Waals surface area contributed by atoms with Crippen LogP contribution in [0.1, 0.15) is 0 Å². The second-order valence-corrected chi connectivity index (χ2v) is 20.1. The van der Waals surface area contributed by atoms with Gasteiger partial charge in [-0.1, -0.05) is 97.1 Å². The third kappa shape index (κ3) is 6.57. The average molecular weight is 987 g/mol. The lowest BCUT2D eigenvalue weighted by Gasteiger charge is -2.12. The summed E-state index contributed by atoms with van der Waals surface area (Å²) in [5.74, 6) is 0. The van der Waals surface area contributed by atoms with E-state index in [1.807, 2.05) is 54.9 Å². The van der Waals surface area contributed by atoms with Crippen molar-refractivity contribution in [3.8, 4) is 66.9 Å². The predicted molar refractivity (Wildman–Crippen MR) is 311 cm³/mol. The van der Waals surface area contributed by atoms with Gasteiger partial charge in [-0.25, -0.2) is 0 Å². The van der Waals surface area contributed by atoms with Gasteiger partial charge in [-0.3, -0.25) is 9.97 Å². The maximum atomic E-state index is 6.77. The first-order chi connectivity index (χ1) is 38.1. The van der Waals surface area contributed by atoms with Gasteiger partial charge in [0.25, 0.3) is 0 Å². The molecule has 0 amide bonds. The highest BCUT2D eigenvalue weighted by atomic mass is 16.3. The van der Waals surface area contributed by atoms with E-state index in [1.54, 1.807) is 6.20 Å². The molecule has 0 saturated carbocycles. The van der Waals surface area contributed by atoms with Crippen LogP contribution < -0.4 is 0 Å². The van der Waals surface area contributed by atoms with E-state index in [2.05, 4.69) is 175 Å². The van der Waals surface area contributed by atoms with Gasteiger partial charge in [0.15, 0.2) is 0 Å². The summed E-state index contributed by atoms with van der Waals surface area (Å²) < 4.78 is 31.9. The highest BCUT2D eigenvalue weighted by Crippen LogP contribution is 2.43. The summed E-state index contributed by atoms with van der Waals surface area (Å²) in [5.41, 5.74) is 21.0. The zero-order valence-electron chi connectivity index (χ0n) is 40.9. The van der Waals surface area contributed by atoms with Crippen molar-refractivity contribution >= 4 is 110 Å². The largest absolute Gasteiger partial charge is 0.456 e. The molecule has 10 aromatic carbocycles. The molecule has 358 valence electrons. The minimum atomic E-state index is 0.761. The number of furan rings is 5. The normalized spacial score (nSPS) is 12.2. The fraction of sp³-hybridized carbons (Fsp3) is 0. The van der Waals surface area contributed by atoms with Crippen LogP contribution in [0, 0.1) is 0 Å². The van der Waals surface area contributed by atoms with Crippen molar-refractivity contribution in [2.45, 2.75) is 0 Å². The van der Waals surface area contributed by atoms with E-state index >= 15 is 0 Å². The molecule has 0 fully saturated rings. The van der Waals surface area contributed by atoms with Gasteiger partial charge >= 0.3 is 0 Å². The maximum Gasteiger partial charge on any atom is 0.144 e. The molecule has 17 rings (SSSR count). The fourth-order valence-corrected chi connectivity index (χ4v) is 11.8. The highest BCUT2D eigenvalue weighted by Gasteiger charge is 2.19. The van der Waals surface area contributed by atoms with Crippen molar-refractivity contribution in [3.63, 3.8) is 0 Å². The Hall–Kier alpha value is -10.5. The molecule has 77 heavy (non-hydrogen) atoms. The first-order valence-corrected chi connectivity index (χ1v) is 25.7. The van der Waals surface area contributed by atoms with Crippen LogP contribution in [-0.2, 0) is 0 Å². The molecule has 0 unspecified atom stereocenters. The van der Waals surface area contributed by atoms with Crippen LogP contribution in [0.5, 0.6) is 0 Å². The topological polar surface area (TPSA) is 91.5 Å². The number of pyridine rings is 2. The van der Waals surface area contributed by atoms with Crippen LogP contribution in [0.15, 0.2) is 253 Å². The lowest BCUT2D eigenvalue weighted by atomic mass is 9.92. The number of aromatic nitrogens is 2. The lowest BCUT2D eigenvalue weighted by Crippen LogP contribution is -1.87. The lowest BCUT2D eigenvalue weighted by molar-refractivity contribution is 0.667. The van der Waals surface area contributed by atoms with E-state index in [0.717, 1.165) is 177 Å². The Morgan fingerprint density at radius 1 is 0.234 bits per heavy atom. The number of rotatable bonds is 6. The molecule has 0 bridgehead atoms. The van der Waals surface area contributed by atoms with E-state index in [4.69, 9.17) is 27.1 Å². The first-order valence-electron chi connectivity index (χ1n) is 25.7. The van der Waals surface area contributed by atoms with Gasteiger partial charge in [0.1, 0.15) is 55.8 Å². The molecule has 0 radical (unpaired) electrons. The van der Waals surface area contributed by atoms with Crippen molar-refractivity contribution in [2.24, 2.45) is 0 Å². The average Bonchev–Trinajstić information content (AvgIpc) is 4.40. The Bertz CT molecular complexity index is 5180. The summed E-state index contributed by atoms with van der Waals surface area (Å²) in [6.07, 6.45) is 5.56. The van der Waals surface area contributed by atoms with E-state index in [9.17, 15) is 0 Å². The monoisotopic (exact) mass is 986 g/mol. The van der Waals surface area contributed by atoms with Crippen molar-refractivity contribution in [1.82, 2.24) is 9.97 Å². The molecule has 7 heteroatoms. The van der Waals surface area contributed by atoms with E-state index in [0.29, 0.717) is 0 Å². The molecule has 7 nitrogen and oxygen atoms in total. The standard InChI is InChI=1S/C70H38N2O5/c1-3-13-61-49(9-1)53-33-43(17-22-63(53)73-61)46-28-47(44-18-23-64-54(34-44)50-10-2-4-14-62(50)74-64)30-48(29-46)45-19-24-67-55(35-45)51-11-6-12-52(70(51)77-67)60-36-69-59(38-72-60)57-32-42(16-21-66(57)76-69)40-8-5-7-39(27-40)41-15-20-65-56(31-41)58-37-71-26-25-68(58)75-65/h1-38H. The first kappa shape index (κ1) is 41.9. The summed E-state index contributed by atoms with van der Waals surface area (Å²) in [5, 5.41) is 10.4. The van der Waals surface area contributed by atoms with E-state index in [-0.39, 0.29) is 0 Å². The second kappa shape index (κ2) is 16.0. The third-order valence-electron chi connectivity index (χ3n) is 15.6. The molecule has 7 heterocycles. The molecule has 0 saturated heterocycles. The molecule has 0 aliphatic rings. The number of fused-ring (bicyclic) bond motifs is 15. The molecule has 0 aliphatic heterocycles. The van der Waals surface area contributed by atoms with Crippen LogP contribution in [0.2, 0.25) is 0 Å². The minimum Gasteiger partial charge on any atom is -0.456 e. The van der Waals surface area contributed by atoms with Crippen LogP contribution in [0.25, 0.3) is 177 Å². The predicted octanol–water partition coefficient (Wildman–Crippen LogP) is 20.0. The zero-order valence-corrected chi connectivity index (χ0v) is 40.9. The number of hydrogen-bond acceptors (Lipinski definition) is 7. The van der Waals surface area contributed by atoms with Crippen molar-refractivity contribution in [3.05, 3.63) is 231 Å². The zero-order chi connectivity index (χ0) is 50.3. The molecule has 0 atom stereocenters. The third-order valence-corrected chi connectivity index (χ3v) is 15.6. The molecular formula is C70H38N2O5. The molecular weight excluding hydrogens is 949 g/mol. The smallest absolute Gasteiger partial charge is 0.144 e. The summed E-state index contributed by atoms with van der Waals surface area (Å²) in [4.78, 5) is 9.42. The summed E-state index contributed by atoms with van der Waals surface area (Å²) in [6.45, 7) is 0. The van der Waals surface area contributed by atoms with Crippen LogP contribution in [0.3, 0.4) is 0 Å². The minimum absolute atomic E-state index is 0.761. The van der Waals surface area contributed by atoms with Crippen molar-refractivity contribution in [1.29, 1.82) is 0 Å². The molecule has 7 aromatic heterocycles. The van der Waals surface area contributed by atoms with Crippen molar-refractivity contribution in [2.75, 3.05) is 0 Å². The Balaban J connectivity index is 0.741. The van der Waals surface area contributed by atoms with Crippen LogP contribution >= 0.6 is 0 Å². The number of nitrogens with zero attached hydrogens (tertiary/aromatic N) is 2.